The molecule has 0 aromatic rings. The SMILES string of the molecule is CC1(C)CCCC1.CC1CCCCC1. The summed E-state index contributed by atoms with van der Waals surface area (Å²) in [5, 5.41) is 0. The summed E-state index contributed by atoms with van der Waals surface area (Å²) in [7, 11) is 0. The van der Waals surface area contributed by atoms with Crippen LogP contribution in [0.3, 0.4) is 0 Å². The standard InChI is InChI=1S/2C7H14/c1-7(2)5-3-4-6-7;1-7-5-3-2-4-6-7/h3-6H2,1-2H3;7H,2-6H2,1H3. The summed E-state index contributed by atoms with van der Waals surface area (Å²) in [5.74, 6) is 1.04. The van der Waals surface area contributed by atoms with Crippen molar-refractivity contribution in [2.75, 3.05) is 0 Å². The minimum atomic E-state index is 0.694. The molecular formula is C14H28. The third-order valence-corrected chi connectivity index (χ3v) is 3.85. The van der Waals surface area contributed by atoms with Gasteiger partial charge >= 0.3 is 0 Å². The Labute approximate surface area is 90.5 Å². The molecule has 0 unspecified atom stereocenters. The molecule has 2 fully saturated rings. The molecule has 0 atom stereocenters. The van der Waals surface area contributed by atoms with Crippen molar-refractivity contribution in [1.82, 2.24) is 0 Å². The third-order valence-electron chi connectivity index (χ3n) is 3.85. The Morgan fingerprint density at radius 3 is 1.50 bits per heavy atom. The molecule has 0 nitrogen and oxygen atoms in total. The fourth-order valence-electron chi connectivity index (χ4n) is 2.64. The number of hydrogen-bond acceptors (Lipinski definition) is 0. The van der Waals surface area contributed by atoms with Crippen LogP contribution < -0.4 is 0 Å². The summed E-state index contributed by atoms with van der Waals surface area (Å²) >= 11 is 0. The molecule has 0 heterocycles. The van der Waals surface area contributed by atoms with E-state index in [4.69, 9.17) is 0 Å². The van der Waals surface area contributed by atoms with Gasteiger partial charge in [-0.3, -0.25) is 0 Å². The largest absolute Gasteiger partial charge is 0.0625 e. The lowest BCUT2D eigenvalue weighted by molar-refractivity contribution is 0.382. The zero-order chi connectivity index (χ0) is 10.4. The van der Waals surface area contributed by atoms with Crippen LogP contribution in [0.15, 0.2) is 0 Å². The molecule has 0 aliphatic heterocycles. The van der Waals surface area contributed by atoms with E-state index >= 15 is 0 Å². The van der Waals surface area contributed by atoms with Crippen LogP contribution in [-0.4, -0.2) is 0 Å². The van der Waals surface area contributed by atoms with Crippen molar-refractivity contribution in [1.29, 1.82) is 0 Å². The highest BCUT2D eigenvalue weighted by atomic mass is 14.3. The second-order valence-electron chi connectivity index (χ2n) is 6.11. The summed E-state index contributed by atoms with van der Waals surface area (Å²) in [5.41, 5.74) is 0.694. The van der Waals surface area contributed by atoms with Crippen molar-refractivity contribution >= 4 is 0 Å². The summed E-state index contributed by atoms with van der Waals surface area (Å²) < 4.78 is 0. The Hall–Kier alpha value is 0. The highest BCUT2D eigenvalue weighted by molar-refractivity contribution is 4.74. The van der Waals surface area contributed by atoms with E-state index in [-0.39, 0.29) is 0 Å². The third kappa shape index (κ3) is 5.02. The Kier molecular flexibility index (Phi) is 4.98. The fraction of sp³-hybridized carbons (Fsp3) is 1.00. The lowest BCUT2D eigenvalue weighted by Crippen LogP contribution is -2.01. The molecule has 2 aliphatic carbocycles. The van der Waals surface area contributed by atoms with Crippen LogP contribution in [0.4, 0.5) is 0 Å². The summed E-state index contributed by atoms with van der Waals surface area (Å²) in [6, 6.07) is 0. The fourth-order valence-corrected chi connectivity index (χ4v) is 2.64. The van der Waals surface area contributed by atoms with Gasteiger partial charge in [-0.05, 0) is 24.2 Å². The van der Waals surface area contributed by atoms with Crippen LogP contribution in [-0.2, 0) is 0 Å². The van der Waals surface area contributed by atoms with Gasteiger partial charge in [0.1, 0.15) is 0 Å². The first-order valence-electron chi connectivity index (χ1n) is 6.60. The first-order valence-corrected chi connectivity index (χ1v) is 6.60. The normalized spacial score (nSPS) is 26.8. The monoisotopic (exact) mass is 196 g/mol. The zero-order valence-electron chi connectivity index (χ0n) is 10.4. The van der Waals surface area contributed by atoms with Gasteiger partial charge in [-0.2, -0.15) is 0 Å². The molecule has 0 aromatic heterocycles. The first kappa shape index (κ1) is 12.1. The molecule has 2 saturated carbocycles. The minimum Gasteiger partial charge on any atom is -0.0625 e. The van der Waals surface area contributed by atoms with Crippen LogP contribution in [0.2, 0.25) is 0 Å². The van der Waals surface area contributed by atoms with Crippen molar-refractivity contribution in [2.24, 2.45) is 11.3 Å². The zero-order valence-corrected chi connectivity index (χ0v) is 10.4. The van der Waals surface area contributed by atoms with Crippen LogP contribution in [0.5, 0.6) is 0 Å². The minimum absolute atomic E-state index is 0.694. The van der Waals surface area contributed by atoms with Gasteiger partial charge in [0.25, 0.3) is 0 Å². The molecule has 0 bridgehead atoms. The molecule has 2 rings (SSSR count). The Bertz CT molecular complexity index is 132. The highest BCUT2D eigenvalue weighted by Gasteiger charge is 2.21. The maximum atomic E-state index is 2.36. The molecule has 2 aliphatic rings. The van der Waals surface area contributed by atoms with E-state index in [1.807, 2.05) is 0 Å². The molecule has 0 saturated heterocycles. The Morgan fingerprint density at radius 1 is 0.786 bits per heavy atom. The van der Waals surface area contributed by atoms with Crippen LogP contribution in [0.25, 0.3) is 0 Å². The predicted octanol–water partition coefficient (Wildman–Crippen LogP) is 5.17. The molecule has 0 heteroatoms. The topological polar surface area (TPSA) is 0 Å². The van der Waals surface area contributed by atoms with E-state index in [1.165, 1.54) is 57.8 Å². The second kappa shape index (κ2) is 5.78. The highest BCUT2D eigenvalue weighted by Crippen LogP contribution is 2.36. The summed E-state index contributed by atoms with van der Waals surface area (Å²) in [6.07, 6.45) is 13.3. The molecule has 0 N–H and O–H groups in total. The van der Waals surface area contributed by atoms with Gasteiger partial charge in [0.05, 0.1) is 0 Å². The molecule has 0 radical (unpaired) electrons. The lowest BCUT2D eigenvalue weighted by Gasteiger charge is -2.15. The van der Waals surface area contributed by atoms with E-state index < -0.39 is 0 Å². The summed E-state index contributed by atoms with van der Waals surface area (Å²) in [4.78, 5) is 0. The van der Waals surface area contributed by atoms with Gasteiger partial charge in [-0.15, -0.1) is 0 Å². The van der Waals surface area contributed by atoms with E-state index in [1.54, 1.807) is 0 Å². The van der Waals surface area contributed by atoms with E-state index in [0.717, 1.165) is 5.92 Å². The number of hydrogen-bond donors (Lipinski definition) is 0. The molecule has 84 valence electrons. The van der Waals surface area contributed by atoms with E-state index in [2.05, 4.69) is 20.8 Å². The van der Waals surface area contributed by atoms with Crippen molar-refractivity contribution in [3.63, 3.8) is 0 Å². The smallest absolute Gasteiger partial charge is 0.0354 e. The molecular weight excluding hydrogens is 168 g/mol. The lowest BCUT2D eigenvalue weighted by atomic mass is 9.91. The van der Waals surface area contributed by atoms with E-state index in [9.17, 15) is 0 Å². The van der Waals surface area contributed by atoms with Crippen LogP contribution >= 0.6 is 0 Å². The van der Waals surface area contributed by atoms with Crippen molar-refractivity contribution < 1.29 is 0 Å². The molecule has 0 amide bonds. The maximum Gasteiger partial charge on any atom is -0.0354 e. The molecule has 0 spiro atoms. The van der Waals surface area contributed by atoms with E-state index in [0.29, 0.717) is 5.41 Å². The van der Waals surface area contributed by atoms with Gasteiger partial charge in [0, 0.05) is 0 Å². The second-order valence-corrected chi connectivity index (χ2v) is 6.11. The average molecular weight is 196 g/mol. The Morgan fingerprint density at radius 2 is 1.29 bits per heavy atom. The molecule has 14 heavy (non-hydrogen) atoms. The maximum absolute atomic E-state index is 2.36. The number of rotatable bonds is 0. The van der Waals surface area contributed by atoms with Gasteiger partial charge in [0.2, 0.25) is 0 Å². The summed E-state index contributed by atoms with van der Waals surface area (Å²) in [6.45, 7) is 7.08. The van der Waals surface area contributed by atoms with Crippen LogP contribution in [0.1, 0.15) is 78.6 Å². The van der Waals surface area contributed by atoms with Gasteiger partial charge < -0.3 is 0 Å². The average Bonchev–Trinajstić information content (AvgIpc) is 2.52. The quantitative estimate of drug-likeness (QED) is 0.501. The molecule has 0 aromatic carbocycles. The first-order chi connectivity index (χ1) is 6.60. The van der Waals surface area contributed by atoms with Gasteiger partial charge in [0.15, 0.2) is 0 Å². The van der Waals surface area contributed by atoms with Gasteiger partial charge in [-0.25, -0.2) is 0 Å². The van der Waals surface area contributed by atoms with Gasteiger partial charge in [-0.1, -0.05) is 65.7 Å². The van der Waals surface area contributed by atoms with Crippen molar-refractivity contribution in [2.45, 2.75) is 78.6 Å². The van der Waals surface area contributed by atoms with Crippen LogP contribution in [0, 0.1) is 11.3 Å². The predicted molar refractivity (Wildman–Crippen MR) is 64.5 cm³/mol. The van der Waals surface area contributed by atoms with Crippen molar-refractivity contribution in [3.8, 4) is 0 Å². The Balaban J connectivity index is 0.000000140. The van der Waals surface area contributed by atoms with Crippen molar-refractivity contribution in [3.05, 3.63) is 0 Å².